The van der Waals surface area contributed by atoms with Gasteiger partial charge in [0.15, 0.2) is 6.10 Å². The zero-order valence-corrected chi connectivity index (χ0v) is 24.2. The van der Waals surface area contributed by atoms with Crippen molar-refractivity contribution in [2.24, 2.45) is 5.41 Å². The second-order valence-electron chi connectivity index (χ2n) is 11.1. The summed E-state index contributed by atoms with van der Waals surface area (Å²) in [5, 5.41) is 15.6. The van der Waals surface area contributed by atoms with Crippen LogP contribution in [-0.4, -0.2) is 72.0 Å². The van der Waals surface area contributed by atoms with Gasteiger partial charge < -0.3 is 25.4 Å². The van der Waals surface area contributed by atoms with Crippen LogP contribution in [0.1, 0.15) is 54.2 Å². The number of hydrogen-bond donors (Lipinski definition) is 3. The van der Waals surface area contributed by atoms with E-state index in [0.29, 0.717) is 23.1 Å². The highest BCUT2D eigenvalue weighted by Crippen LogP contribution is 2.48. The average molecular weight is 578 g/mol. The number of carbonyl (C=O) groups excluding carboxylic acids is 3. The van der Waals surface area contributed by atoms with Crippen molar-refractivity contribution in [3.05, 3.63) is 64.5 Å². The molecule has 0 radical (unpaired) electrons. The molecule has 2 aromatic rings. The van der Waals surface area contributed by atoms with E-state index in [1.165, 1.54) is 45.2 Å². The minimum Gasteiger partial charge on any atom is -0.508 e. The number of aryl methyl sites for hydroxylation is 1. The van der Waals surface area contributed by atoms with Crippen molar-refractivity contribution in [3.63, 3.8) is 0 Å². The quantitative estimate of drug-likeness (QED) is 0.397. The molecule has 41 heavy (non-hydrogen) atoms. The van der Waals surface area contributed by atoms with Gasteiger partial charge in [0.2, 0.25) is 5.91 Å². The third-order valence-corrected chi connectivity index (χ3v) is 7.68. The Bertz CT molecular complexity index is 1300. The summed E-state index contributed by atoms with van der Waals surface area (Å²) in [6.45, 7) is 6.75. The summed E-state index contributed by atoms with van der Waals surface area (Å²) in [7, 11) is 1.20. The number of ether oxygens (including phenoxy) is 1. The van der Waals surface area contributed by atoms with Gasteiger partial charge in [0.1, 0.15) is 17.6 Å². The van der Waals surface area contributed by atoms with E-state index in [4.69, 9.17) is 4.74 Å². The summed E-state index contributed by atoms with van der Waals surface area (Å²) in [5.74, 6) is -6.32. The molecule has 3 atom stereocenters. The monoisotopic (exact) mass is 577 g/mol. The lowest BCUT2D eigenvalue weighted by atomic mass is 9.81. The number of aromatic hydroxyl groups is 1. The number of carbonyl (C=O) groups is 3. The van der Waals surface area contributed by atoms with E-state index in [9.17, 15) is 23.9 Å². The molecule has 0 aliphatic carbocycles. The Labute approximate surface area is 238 Å². The van der Waals surface area contributed by atoms with E-state index in [1.807, 2.05) is 6.92 Å². The van der Waals surface area contributed by atoms with Crippen molar-refractivity contribution in [1.29, 1.82) is 0 Å². The number of phenolic OH excluding ortho intramolecular Hbond substituents is 1. The van der Waals surface area contributed by atoms with Crippen LogP contribution in [0.2, 0.25) is 0 Å². The molecule has 1 heterocycles. The number of benzene rings is 2. The Balaban J connectivity index is 2.03. The molecule has 2 aromatic carbocycles. The topological polar surface area (TPSA) is 108 Å². The summed E-state index contributed by atoms with van der Waals surface area (Å²) < 4.78 is 50.0. The van der Waals surface area contributed by atoms with Crippen LogP contribution in [0.3, 0.4) is 0 Å². The van der Waals surface area contributed by atoms with Gasteiger partial charge in [-0.15, -0.1) is 0 Å². The molecule has 3 rings (SSSR count). The van der Waals surface area contributed by atoms with Crippen LogP contribution in [0.25, 0.3) is 0 Å². The van der Waals surface area contributed by atoms with Crippen molar-refractivity contribution < 1.29 is 37.4 Å². The Morgan fingerprint density at radius 3 is 2.46 bits per heavy atom. The smallest absolute Gasteiger partial charge is 0.272 e. The van der Waals surface area contributed by atoms with Gasteiger partial charge in [-0.3, -0.25) is 14.4 Å². The third-order valence-electron chi connectivity index (χ3n) is 7.68. The van der Waals surface area contributed by atoms with E-state index in [0.717, 1.165) is 4.90 Å². The highest BCUT2D eigenvalue weighted by Gasteiger charge is 2.64. The van der Waals surface area contributed by atoms with Crippen molar-refractivity contribution in [1.82, 2.24) is 15.5 Å². The lowest BCUT2D eigenvalue weighted by Crippen LogP contribution is -2.58. The van der Waals surface area contributed by atoms with Crippen molar-refractivity contribution in [3.8, 4) is 5.75 Å². The fourth-order valence-electron chi connectivity index (χ4n) is 5.19. The number of methoxy groups -OCH3 is 1. The standard InChI is InChI=1S/C30H38F3N3O5/c1-7-11-34-27(39)25-29(4,5)30(32,33)16-36(25)28(40)24(41-6)22(15-19-9-8-10-20(31)14-19)35-26(38)21-12-17(2)13-23(37)18(21)3/h8-10,12-14,22,24-25,37H,7,11,15-16H2,1-6H3,(H,34,39)(H,35,38)/t22-,24-,25?/m0/s1. The van der Waals surface area contributed by atoms with Gasteiger partial charge in [-0.2, -0.15) is 0 Å². The molecule has 0 spiro atoms. The molecule has 3 amide bonds. The zero-order chi connectivity index (χ0) is 30.7. The first-order chi connectivity index (χ1) is 19.1. The Morgan fingerprint density at radius 2 is 1.85 bits per heavy atom. The highest BCUT2D eigenvalue weighted by molar-refractivity contribution is 5.97. The van der Waals surface area contributed by atoms with Gasteiger partial charge in [0.05, 0.1) is 18.0 Å². The molecule has 1 aliphatic rings. The maximum atomic E-state index is 15.2. The van der Waals surface area contributed by atoms with Gasteiger partial charge >= 0.3 is 0 Å². The molecule has 1 unspecified atom stereocenters. The number of nitrogens with one attached hydrogen (secondary N) is 2. The SMILES string of the molecule is CCCNC(=O)C1N(C(=O)[C@@H](OC)[C@H](Cc2cccc(F)c2)NC(=O)c2cc(C)cc(O)c2C)CC(F)(F)C1(C)C. The molecular weight excluding hydrogens is 539 g/mol. The number of phenols is 1. The summed E-state index contributed by atoms with van der Waals surface area (Å²) in [6, 6.07) is 5.93. The second-order valence-corrected chi connectivity index (χ2v) is 11.1. The van der Waals surface area contributed by atoms with Gasteiger partial charge in [-0.1, -0.05) is 32.9 Å². The van der Waals surface area contributed by atoms with Crippen molar-refractivity contribution in [2.45, 2.75) is 71.6 Å². The Hall–Kier alpha value is -3.60. The van der Waals surface area contributed by atoms with Crippen LogP contribution in [-0.2, 0) is 20.7 Å². The Morgan fingerprint density at radius 1 is 1.17 bits per heavy atom. The van der Waals surface area contributed by atoms with E-state index < -0.39 is 59.6 Å². The van der Waals surface area contributed by atoms with Gasteiger partial charge in [0.25, 0.3) is 17.7 Å². The van der Waals surface area contributed by atoms with Gasteiger partial charge in [-0.25, -0.2) is 13.2 Å². The minimum absolute atomic E-state index is 0.0923. The number of nitrogens with zero attached hydrogens (tertiary/aromatic N) is 1. The molecule has 1 saturated heterocycles. The van der Waals surface area contributed by atoms with E-state index in [-0.39, 0.29) is 24.3 Å². The van der Waals surface area contributed by atoms with Crippen LogP contribution in [0, 0.1) is 25.1 Å². The molecule has 11 heteroatoms. The lowest BCUT2D eigenvalue weighted by Gasteiger charge is -2.35. The molecule has 8 nitrogen and oxygen atoms in total. The highest BCUT2D eigenvalue weighted by atomic mass is 19.3. The maximum absolute atomic E-state index is 15.2. The summed E-state index contributed by atoms with van der Waals surface area (Å²) >= 11 is 0. The summed E-state index contributed by atoms with van der Waals surface area (Å²) in [6.07, 6.45) is -1.03. The number of hydrogen-bond acceptors (Lipinski definition) is 5. The number of halogens is 3. The second kappa shape index (κ2) is 12.5. The number of likely N-dealkylation sites (tertiary alicyclic amines) is 1. The van der Waals surface area contributed by atoms with Crippen LogP contribution in [0.5, 0.6) is 5.75 Å². The fourth-order valence-corrected chi connectivity index (χ4v) is 5.19. The van der Waals surface area contributed by atoms with Crippen LogP contribution >= 0.6 is 0 Å². The zero-order valence-electron chi connectivity index (χ0n) is 24.2. The molecule has 224 valence electrons. The van der Waals surface area contributed by atoms with Crippen molar-refractivity contribution >= 4 is 17.7 Å². The predicted molar refractivity (Wildman–Crippen MR) is 147 cm³/mol. The van der Waals surface area contributed by atoms with Crippen LogP contribution in [0.4, 0.5) is 13.2 Å². The lowest BCUT2D eigenvalue weighted by molar-refractivity contribution is -0.149. The van der Waals surface area contributed by atoms with Gasteiger partial charge in [0, 0.05) is 24.8 Å². The largest absolute Gasteiger partial charge is 0.508 e. The summed E-state index contributed by atoms with van der Waals surface area (Å²) in [5.41, 5.74) is -0.428. The maximum Gasteiger partial charge on any atom is 0.272 e. The van der Waals surface area contributed by atoms with E-state index in [1.54, 1.807) is 26.0 Å². The van der Waals surface area contributed by atoms with Crippen LogP contribution < -0.4 is 10.6 Å². The first-order valence-corrected chi connectivity index (χ1v) is 13.5. The first-order valence-electron chi connectivity index (χ1n) is 13.5. The van der Waals surface area contributed by atoms with E-state index >= 15 is 8.78 Å². The molecule has 1 fully saturated rings. The van der Waals surface area contributed by atoms with Crippen LogP contribution in [0.15, 0.2) is 36.4 Å². The first kappa shape index (κ1) is 31.9. The molecule has 0 bridgehead atoms. The fraction of sp³-hybridized carbons (Fsp3) is 0.500. The normalized spacial score (nSPS) is 19.0. The molecule has 3 N–H and O–H groups in total. The predicted octanol–water partition coefficient (Wildman–Crippen LogP) is 3.90. The number of amides is 3. The number of rotatable bonds is 10. The van der Waals surface area contributed by atoms with E-state index in [2.05, 4.69) is 10.6 Å². The Kier molecular flexibility index (Phi) is 9.73. The molecular formula is C30H38F3N3O5. The molecule has 0 saturated carbocycles. The summed E-state index contributed by atoms with van der Waals surface area (Å²) in [4.78, 5) is 41.3. The third kappa shape index (κ3) is 6.66. The number of alkyl halides is 2. The minimum atomic E-state index is -3.40. The molecule has 1 aliphatic heterocycles. The average Bonchev–Trinajstić information content (AvgIpc) is 3.08. The molecule has 0 aromatic heterocycles. The van der Waals surface area contributed by atoms with Crippen molar-refractivity contribution in [2.75, 3.05) is 20.2 Å². The van der Waals surface area contributed by atoms with Gasteiger partial charge in [-0.05, 0) is 62.1 Å².